The van der Waals surface area contributed by atoms with E-state index in [0.29, 0.717) is 11.6 Å². The molecule has 1 aliphatic heterocycles. The quantitative estimate of drug-likeness (QED) is 0.629. The molecule has 0 aromatic heterocycles. The highest BCUT2D eigenvalue weighted by Crippen LogP contribution is 2.17. The standard InChI is InChI=1S/C16H25ClN4O3S/c1-20(25(23,24)15-5-3-14(17)4-6-15)13-16(22)19-7-2-10-21-11-8-18-9-12-21/h3-6,18H,2,7-13H2,1H3,(H,19,22). The maximum Gasteiger partial charge on any atom is 0.243 e. The lowest BCUT2D eigenvalue weighted by Gasteiger charge is -2.27. The van der Waals surface area contributed by atoms with Crippen LogP contribution in [0.5, 0.6) is 0 Å². The van der Waals surface area contributed by atoms with Gasteiger partial charge in [0.25, 0.3) is 0 Å². The highest BCUT2D eigenvalue weighted by molar-refractivity contribution is 7.89. The first-order valence-electron chi connectivity index (χ1n) is 8.31. The van der Waals surface area contributed by atoms with Crippen LogP contribution in [0.1, 0.15) is 6.42 Å². The summed E-state index contributed by atoms with van der Waals surface area (Å²) in [6, 6.07) is 5.88. The number of nitrogens with zero attached hydrogens (tertiary/aromatic N) is 2. The van der Waals surface area contributed by atoms with Gasteiger partial charge in [0, 0.05) is 44.8 Å². The van der Waals surface area contributed by atoms with Crippen molar-refractivity contribution in [1.82, 2.24) is 19.8 Å². The molecule has 140 valence electrons. The van der Waals surface area contributed by atoms with Crippen molar-refractivity contribution in [2.45, 2.75) is 11.3 Å². The Hall–Kier alpha value is -1.19. The Balaban J connectivity index is 1.74. The molecule has 0 aliphatic carbocycles. The Bertz CT molecular complexity index is 660. The van der Waals surface area contributed by atoms with Gasteiger partial charge in [0.1, 0.15) is 0 Å². The molecule has 0 unspecified atom stereocenters. The first-order chi connectivity index (χ1) is 11.9. The monoisotopic (exact) mass is 388 g/mol. The minimum atomic E-state index is -3.70. The maximum atomic E-state index is 12.4. The summed E-state index contributed by atoms with van der Waals surface area (Å²) < 4.78 is 25.9. The van der Waals surface area contributed by atoms with E-state index in [9.17, 15) is 13.2 Å². The Kier molecular flexibility index (Phi) is 7.64. The van der Waals surface area contributed by atoms with Gasteiger partial charge in [-0.2, -0.15) is 4.31 Å². The first kappa shape index (κ1) is 20.1. The van der Waals surface area contributed by atoms with E-state index >= 15 is 0 Å². The van der Waals surface area contributed by atoms with E-state index in [-0.39, 0.29) is 17.3 Å². The summed E-state index contributed by atoms with van der Waals surface area (Å²) in [5.41, 5.74) is 0. The van der Waals surface area contributed by atoms with Crippen LogP contribution < -0.4 is 10.6 Å². The van der Waals surface area contributed by atoms with Crippen molar-refractivity contribution in [2.75, 3.05) is 52.9 Å². The number of likely N-dealkylation sites (N-methyl/N-ethyl adjacent to an activating group) is 1. The topological polar surface area (TPSA) is 81.8 Å². The Morgan fingerprint density at radius 3 is 2.56 bits per heavy atom. The number of rotatable bonds is 8. The zero-order valence-electron chi connectivity index (χ0n) is 14.4. The average Bonchev–Trinajstić information content (AvgIpc) is 2.60. The van der Waals surface area contributed by atoms with E-state index in [1.54, 1.807) is 0 Å². The van der Waals surface area contributed by atoms with Gasteiger partial charge in [0.15, 0.2) is 0 Å². The van der Waals surface area contributed by atoms with Crippen LogP contribution in [0.15, 0.2) is 29.2 Å². The van der Waals surface area contributed by atoms with Crippen molar-refractivity contribution >= 4 is 27.5 Å². The van der Waals surface area contributed by atoms with Crippen LogP contribution in [-0.2, 0) is 14.8 Å². The van der Waals surface area contributed by atoms with Crippen molar-refractivity contribution in [3.05, 3.63) is 29.3 Å². The van der Waals surface area contributed by atoms with E-state index in [4.69, 9.17) is 11.6 Å². The molecule has 0 bridgehead atoms. The lowest BCUT2D eigenvalue weighted by atomic mass is 10.3. The second kappa shape index (κ2) is 9.49. The Labute approximate surface area is 154 Å². The molecule has 1 aromatic carbocycles. The number of nitrogens with one attached hydrogen (secondary N) is 2. The van der Waals surface area contributed by atoms with Gasteiger partial charge < -0.3 is 15.5 Å². The molecule has 1 saturated heterocycles. The van der Waals surface area contributed by atoms with Gasteiger partial charge in [0.05, 0.1) is 11.4 Å². The SMILES string of the molecule is CN(CC(=O)NCCCN1CCNCC1)S(=O)(=O)c1ccc(Cl)cc1. The zero-order valence-corrected chi connectivity index (χ0v) is 15.9. The van der Waals surface area contributed by atoms with Crippen LogP contribution in [0.2, 0.25) is 5.02 Å². The average molecular weight is 389 g/mol. The van der Waals surface area contributed by atoms with Crippen LogP contribution in [0, 0.1) is 0 Å². The van der Waals surface area contributed by atoms with E-state index in [1.165, 1.54) is 31.3 Å². The number of carbonyl (C=O) groups is 1. The number of sulfonamides is 1. The van der Waals surface area contributed by atoms with Crippen LogP contribution >= 0.6 is 11.6 Å². The molecule has 9 heteroatoms. The fraction of sp³-hybridized carbons (Fsp3) is 0.562. The van der Waals surface area contributed by atoms with E-state index in [1.807, 2.05) is 0 Å². The molecular weight excluding hydrogens is 364 g/mol. The minimum absolute atomic E-state index is 0.117. The van der Waals surface area contributed by atoms with Crippen molar-refractivity contribution in [3.63, 3.8) is 0 Å². The molecule has 25 heavy (non-hydrogen) atoms. The number of hydrogen-bond donors (Lipinski definition) is 2. The van der Waals surface area contributed by atoms with E-state index in [2.05, 4.69) is 15.5 Å². The lowest BCUT2D eigenvalue weighted by molar-refractivity contribution is -0.121. The number of amides is 1. The van der Waals surface area contributed by atoms with Crippen molar-refractivity contribution in [2.24, 2.45) is 0 Å². The molecule has 2 N–H and O–H groups in total. The zero-order chi connectivity index (χ0) is 18.3. The predicted molar refractivity (Wildman–Crippen MR) is 98.2 cm³/mol. The van der Waals surface area contributed by atoms with Crippen LogP contribution in [0.25, 0.3) is 0 Å². The third kappa shape index (κ3) is 6.23. The molecule has 0 spiro atoms. The maximum absolute atomic E-state index is 12.4. The molecule has 0 saturated carbocycles. The van der Waals surface area contributed by atoms with Gasteiger partial charge in [-0.15, -0.1) is 0 Å². The van der Waals surface area contributed by atoms with E-state index in [0.717, 1.165) is 43.4 Å². The van der Waals surface area contributed by atoms with Gasteiger partial charge in [-0.3, -0.25) is 4.79 Å². The molecule has 1 fully saturated rings. The minimum Gasteiger partial charge on any atom is -0.355 e. The molecule has 1 aromatic rings. The molecular formula is C16H25ClN4O3S. The molecule has 7 nitrogen and oxygen atoms in total. The van der Waals surface area contributed by atoms with Gasteiger partial charge in [-0.25, -0.2) is 8.42 Å². The second-order valence-corrected chi connectivity index (χ2v) is 8.49. The molecule has 2 rings (SSSR count). The number of piperazine rings is 1. The number of benzene rings is 1. The van der Waals surface area contributed by atoms with Crippen LogP contribution in [-0.4, -0.2) is 76.4 Å². The predicted octanol–water partition coefficient (Wildman–Crippen LogP) is 0.372. The molecule has 1 aliphatic rings. The van der Waals surface area contributed by atoms with Crippen LogP contribution in [0.4, 0.5) is 0 Å². The van der Waals surface area contributed by atoms with Gasteiger partial charge in [-0.1, -0.05) is 11.6 Å². The van der Waals surface area contributed by atoms with E-state index < -0.39 is 10.0 Å². The van der Waals surface area contributed by atoms with Crippen molar-refractivity contribution in [1.29, 1.82) is 0 Å². The second-order valence-electron chi connectivity index (χ2n) is 6.01. The Morgan fingerprint density at radius 2 is 1.92 bits per heavy atom. The fourth-order valence-electron chi connectivity index (χ4n) is 2.59. The Morgan fingerprint density at radius 1 is 1.28 bits per heavy atom. The van der Waals surface area contributed by atoms with Crippen molar-refractivity contribution in [3.8, 4) is 0 Å². The number of halogens is 1. The third-order valence-electron chi connectivity index (χ3n) is 4.07. The summed E-state index contributed by atoms with van der Waals surface area (Å²) >= 11 is 5.77. The summed E-state index contributed by atoms with van der Waals surface area (Å²) in [5.74, 6) is -0.305. The third-order valence-corrected chi connectivity index (χ3v) is 6.14. The normalized spacial score (nSPS) is 16.1. The van der Waals surface area contributed by atoms with Crippen LogP contribution in [0.3, 0.4) is 0 Å². The summed E-state index contributed by atoms with van der Waals surface area (Å²) in [6.45, 7) is 5.31. The first-order valence-corrected chi connectivity index (χ1v) is 10.1. The molecule has 0 radical (unpaired) electrons. The molecule has 1 heterocycles. The smallest absolute Gasteiger partial charge is 0.243 e. The summed E-state index contributed by atoms with van der Waals surface area (Å²) in [6.07, 6.45) is 0.847. The highest BCUT2D eigenvalue weighted by Gasteiger charge is 2.22. The molecule has 0 atom stereocenters. The summed E-state index contributed by atoms with van der Waals surface area (Å²) in [5, 5.41) is 6.53. The van der Waals surface area contributed by atoms with Gasteiger partial charge in [-0.05, 0) is 37.2 Å². The number of hydrogen-bond acceptors (Lipinski definition) is 5. The highest BCUT2D eigenvalue weighted by atomic mass is 35.5. The van der Waals surface area contributed by atoms with Crippen molar-refractivity contribution < 1.29 is 13.2 Å². The lowest BCUT2D eigenvalue weighted by Crippen LogP contribution is -2.44. The molecule has 1 amide bonds. The van der Waals surface area contributed by atoms with Gasteiger partial charge >= 0.3 is 0 Å². The largest absolute Gasteiger partial charge is 0.355 e. The summed E-state index contributed by atoms with van der Waals surface area (Å²) in [7, 11) is -2.31. The fourth-order valence-corrected chi connectivity index (χ4v) is 3.85. The summed E-state index contributed by atoms with van der Waals surface area (Å²) in [4.78, 5) is 14.4. The number of carbonyl (C=O) groups excluding carboxylic acids is 1. The van der Waals surface area contributed by atoms with Gasteiger partial charge in [0.2, 0.25) is 15.9 Å².